The first-order chi connectivity index (χ1) is 9.56. The second-order valence-corrected chi connectivity index (χ2v) is 5.22. The molecule has 5 heteroatoms. The molecule has 20 heavy (non-hydrogen) atoms. The Balaban J connectivity index is 2.12. The van der Waals surface area contributed by atoms with Crippen LogP contribution in [0.4, 0.5) is 0 Å². The van der Waals surface area contributed by atoms with Gasteiger partial charge in [-0.1, -0.05) is 0 Å². The molecule has 2 rings (SSSR count). The highest BCUT2D eigenvalue weighted by Gasteiger charge is 2.29. The highest BCUT2D eigenvalue weighted by Crippen LogP contribution is 2.31. The molecule has 1 aromatic rings. The van der Waals surface area contributed by atoms with Gasteiger partial charge in [0.25, 0.3) is 0 Å². The van der Waals surface area contributed by atoms with Gasteiger partial charge < -0.3 is 20.1 Å². The first-order valence-electron chi connectivity index (χ1n) is 6.83. The zero-order chi connectivity index (χ0) is 14.7. The number of ether oxygens (including phenoxy) is 2. The summed E-state index contributed by atoms with van der Waals surface area (Å²) in [6.45, 7) is 2.82. The van der Waals surface area contributed by atoms with Crippen LogP contribution in [0.15, 0.2) is 18.2 Å². The van der Waals surface area contributed by atoms with Gasteiger partial charge in [-0.05, 0) is 37.1 Å². The van der Waals surface area contributed by atoms with Gasteiger partial charge in [0.1, 0.15) is 18.1 Å². The van der Waals surface area contributed by atoms with Crippen molar-refractivity contribution in [3.05, 3.63) is 23.8 Å². The Morgan fingerprint density at radius 3 is 3.00 bits per heavy atom. The minimum atomic E-state index is -0.159. The van der Waals surface area contributed by atoms with E-state index in [9.17, 15) is 4.79 Å². The van der Waals surface area contributed by atoms with Gasteiger partial charge in [-0.3, -0.25) is 4.79 Å². The zero-order valence-electron chi connectivity index (χ0n) is 12.3. The van der Waals surface area contributed by atoms with E-state index in [1.54, 1.807) is 19.1 Å². The molecule has 1 aliphatic rings. The maximum Gasteiger partial charge on any atom is 0.229 e. The van der Waals surface area contributed by atoms with Crippen LogP contribution in [-0.2, 0) is 11.2 Å². The third-order valence-electron chi connectivity index (χ3n) is 3.87. The van der Waals surface area contributed by atoms with Crippen molar-refractivity contribution in [2.45, 2.75) is 19.4 Å². The van der Waals surface area contributed by atoms with E-state index in [2.05, 4.69) is 0 Å². The fourth-order valence-electron chi connectivity index (χ4n) is 2.32. The minimum absolute atomic E-state index is 0.0363. The van der Waals surface area contributed by atoms with Gasteiger partial charge in [-0.25, -0.2) is 0 Å². The van der Waals surface area contributed by atoms with E-state index in [1.165, 1.54) is 0 Å². The van der Waals surface area contributed by atoms with E-state index in [0.29, 0.717) is 19.6 Å². The van der Waals surface area contributed by atoms with E-state index in [1.807, 2.05) is 25.1 Å². The molecule has 0 saturated heterocycles. The quantitative estimate of drug-likeness (QED) is 0.894. The molecule has 1 aliphatic heterocycles. The Labute approximate surface area is 119 Å². The van der Waals surface area contributed by atoms with Crippen LogP contribution in [0.2, 0.25) is 0 Å². The van der Waals surface area contributed by atoms with Gasteiger partial charge in [0.15, 0.2) is 0 Å². The number of rotatable bonds is 4. The molecule has 2 atom stereocenters. The number of hydrogen-bond donors (Lipinski definition) is 1. The van der Waals surface area contributed by atoms with Crippen molar-refractivity contribution in [2.75, 3.05) is 27.3 Å². The Kier molecular flexibility index (Phi) is 4.49. The number of carbonyl (C=O) groups is 1. The van der Waals surface area contributed by atoms with Crippen LogP contribution in [-0.4, -0.2) is 44.2 Å². The molecule has 1 aromatic carbocycles. The monoisotopic (exact) mass is 278 g/mol. The van der Waals surface area contributed by atoms with E-state index in [0.717, 1.165) is 17.1 Å². The third kappa shape index (κ3) is 2.88. The van der Waals surface area contributed by atoms with Gasteiger partial charge in [-0.2, -0.15) is 0 Å². The normalized spacial score (nSPS) is 18.7. The predicted octanol–water partition coefficient (Wildman–Crippen LogP) is 1.05. The molecular formula is C15H22N2O3. The number of likely N-dealkylation sites (N-methyl/N-ethyl adjacent to an activating group) is 1. The van der Waals surface area contributed by atoms with Crippen molar-refractivity contribution in [3.8, 4) is 11.5 Å². The number of amides is 1. The predicted molar refractivity (Wildman–Crippen MR) is 77.0 cm³/mol. The topological polar surface area (TPSA) is 64.8 Å². The fourth-order valence-corrected chi connectivity index (χ4v) is 2.32. The lowest BCUT2D eigenvalue weighted by Crippen LogP contribution is -2.45. The molecule has 110 valence electrons. The molecule has 0 fully saturated rings. The standard InChI is InChI=1S/C15H22N2O3/c1-10(8-16)17(2)15(18)12-6-11-7-13(19-3)4-5-14(11)20-9-12/h4-5,7,10,12H,6,8-9,16H2,1-3H3. The van der Waals surface area contributed by atoms with Crippen molar-refractivity contribution in [3.63, 3.8) is 0 Å². The Morgan fingerprint density at radius 1 is 1.60 bits per heavy atom. The lowest BCUT2D eigenvalue weighted by molar-refractivity contribution is -0.137. The molecule has 0 bridgehead atoms. The largest absolute Gasteiger partial charge is 0.497 e. The second kappa shape index (κ2) is 6.13. The van der Waals surface area contributed by atoms with E-state index in [4.69, 9.17) is 15.2 Å². The smallest absolute Gasteiger partial charge is 0.229 e. The molecule has 1 heterocycles. The van der Waals surface area contributed by atoms with Crippen molar-refractivity contribution in [1.82, 2.24) is 4.90 Å². The zero-order valence-corrected chi connectivity index (χ0v) is 12.3. The summed E-state index contributed by atoms with van der Waals surface area (Å²) in [5.41, 5.74) is 6.63. The van der Waals surface area contributed by atoms with E-state index >= 15 is 0 Å². The molecular weight excluding hydrogens is 256 g/mol. The van der Waals surface area contributed by atoms with Gasteiger partial charge in [0.05, 0.1) is 13.0 Å². The molecule has 5 nitrogen and oxygen atoms in total. The lowest BCUT2D eigenvalue weighted by Gasteiger charge is -2.31. The summed E-state index contributed by atoms with van der Waals surface area (Å²) in [5.74, 6) is 1.54. The summed E-state index contributed by atoms with van der Waals surface area (Å²) in [4.78, 5) is 14.1. The SMILES string of the molecule is COc1ccc2c(c1)CC(C(=O)N(C)C(C)CN)CO2. The van der Waals surface area contributed by atoms with Gasteiger partial charge >= 0.3 is 0 Å². The summed E-state index contributed by atoms with van der Waals surface area (Å²) >= 11 is 0. The molecule has 0 radical (unpaired) electrons. The molecule has 0 aliphatic carbocycles. The van der Waals surface area contributed by atoms with Crippen LogP contribution in [0.1, 0.15) is 12.5 Å². The maximum atomic E-state index is 12.4. The highest BCUT2D eigenvalue weighted by molar-refractivity contribution is 5.80. The Morgan fingerprint density at radius 2 is 2.35 bits per heavy atom. The first kappa shape index (κ1) is 14.7. The van der Waals surface area contributed by atoms with Crippen LogP contribution in [0.25, 0.3) is 0 Å². The average Bonchev–Trinajstić information content (AvgIpc) is 2.51. The minimum Gasteiger partial charge on any atom is -0.497 e. The average molecular weight is 278 g/mol. The third-order valence-corrected chi connectivity index (χ3v) is 3.87. The summed E-state index contributed by atoms with van der Waals surface area (Å²) in [7, 11) is 3.42. The molecule has 1 amide bonds. The summed E-state index contributed by atoms with van der Waals surface area (Å²) in [6.07, 6.45) is 0.674. The molecule has 2 N–H and O–H groups in total. The van der Waals surface area contributed by atoms with Crippen LogP contribution >= 0.6 is 0 Å². The van der Waals surface area contributed by atoms with Gasteiger partial charge in [-0.15, -0.1) is 0 Å². The number of methoxy groups -OCH3 is 1. The van der Waals surface area contributed by atoms with Crippen molar-refractivity contribution >= 4 is 5.91 Å². The van der Waals surface area contributed by atoms with E-state index < -0.39 is 0 Å². The molecule has 2 unspecified atom stereocenters. The Bertz CT molecular complexity index is 490. The van der Waals surface area contributed by atoms with Crippen molar-refractivity contribution < 1.29 is 14.3 Å². The number of nitrogens with two attached hydrogens (primary N) is 1. The number of carbonyl (C=O) groups excluding carboxylic acids is 1. The second-order valence-electron chi connectivity index (χ2n) is 5.22. The number of hydrogen-bond acceptors (Lipinski definition) is 4. The van der Waals surface area contributed by atoms with Crippen LogP contribution in [0.3, 0.4) is 0 Å². The fraction of sp³-hybridized carbons (Fsp3) is 0.533. The van der Waals surface area contributed by atoms with Crippen molar-refractivity contribution in [1.29, 1.82) is 0 Å². The van der Waals surface area contributed by atoms with Crippen molar-refractivity contribution in [2.24, 2.45) is 11.7 Å². The first-order valence-corrected chi connectivity index (χ1v) is 6.83. The number of nitrogens with zero attached hydrogens (tertiary/aromatic N) is 1. The number of benzene rings is 1. The van der Waals surface area contributed by atoms with Crippen LogP contribution in [0.5, 0.6) is 11.5 Å². The molecule has 0 spiro atoms. The highest BCUT2D eigenvalue weighted by atomic mass is 16.5. The summed E-state index contributed by atoms with van der Waals surface area (Å²) in [5, 5.41) is 0. The summed E-state index contributed by atoms with van der Waals surface area (Å²) < 4.78 is 10.9. The number of fused-ring (bicyclic) bond motifs is 1. The Hall–Kier alpha value is -1.75. The maximum absolute atomic E-state index is 12.4. The van der Waals surface area contributed by atoms with Crippen LogP contribution < -0.4 is 15.2 Å². The molecule has 0 saturated carbocycles. The van der Waals surface area contributed by atoms with Crippen LogP contribution in [0, 0.1) is 5.92 Å². The van der Waals surface area contributed by atoms with E-state index in [-0.39, 0.29) is 17.9 Å². The van der Waals surface area contributed by atoms with Gasteiger partial charge in [0, 0.05) is 19.6 Å². The van der Waals surface area contributed by atoms with Gasteiger partial charge in [0.2, 0.25) is 5.91 Å². The summed E-state index contributed by atoms with van der Waals surface area (Å²) in [6, 6.07) is 5.72. The molecule has 0 aromatic heterocycles. The lowest BCUT2D eigenvalue weighted by atomic mass is 9.95.